The summed E-state index contributed by atoms with van der Waals surface area (Å²) in [4.78, 5) is 18.3. The van der Waals surface area contributed by atoms with Gasteiger partial charge in [0.2, 0.25) is 5.91 Å². The van der Waals surface area contributed by atoms with E-state index in [0.29, 0.717) is 19.0 Å². The number of likely N-dealkylation sites (tertiary alicyclic amines) is 1. The third kappa shape index (κ3) is 6.31. The highest BCUT2D eigenvalue weighted by Crippen LogP contribution is 2.09. The van der Waals surface area contributed by atoms with Crippen LogP contribution in [0.4, 0.5) is 0 Å². The van der Waals surface area contributed by atoms with E-state index in [1.54, 1.807) is 6.33 Å². The normalized spacial score (nSPS) is 16.2. The van der Waals surface area contributed by atoms with E-state index in [1.165, 1.54) is 0 Å². The van der Waals surface area contributed by atoms with Crippen molar-refractivity contribution < 1.29 is 4.79 Å². The van der Waals surface area contributed by atoms with E-state index in [0.717, 1.165) is 63.6 Å². The number of hydrogen-bond donors (Lipinski definition) is 2. The summed E-state index contributed by atoms with van der Waals surface area (Å²) in [6.07, 6.45) is 6.27. The highest BCUT2D eigenvalue weighted by atomic mass is 16.2. The topological polar surface area (TPSA) is 87.4 Å². The van der Waals surface area contributed by atoms with Crippen LogP contribution in [-0.2, 0) is 17.8 Å². The second-order valence-electron chi connectivity index (χ2n) is 6.74. The van der Waals surface area contributed by atoms with Crippen molar-refractivity contribution in [2.45, 2.75) is 65.5 Å². The molecule has 26 heavy (non-hydrogen) atoms. The molecule has 1 unspecified atom stereocenters. The van der Waals surface area contributed by atoms with Gasteiger partial charge in [0.1, 0.15) is 12.2 Å². The summed E-state index contributed by atoms with van der Waals surface area (Å²) >= 11 is 0. The number of aryl methyl sites for hydroxylation is 1. The van der Waals surface area contributed by atoms with Crippen LogP contribution in [-0.4, -0.2) is 63.8 Å². The number of aliphatic imine (C=N–C) groups is 1. The van der Waals surface area contributed by atoms with Gasteiger partial charge in [-0.25, -0.2) is 0 Å². The Hall–Kier alpha value is -2.12. The summed E-state index contributed by atoms with van der Waals surface area (Å²) in [5.41, 5.74) is 0. The molecule has 0 saturated carbocycles. The molecule has 0 aromatic carbocycles. The molecule has 2 rings (SSSR count). The van der Waals surface area contributed by atoms with E-state index in [4.69, 9.17) is 0 Å². The minimum absolute atomic E-state index is 0.283. The average molecular weight is 364 g/mol. The van der Waals surface area contributed by atoms with Gasteiger partial charge in [0.25, 0.3) is 0 Å². The summed E-state index contributed by atoms with van der Waals surface area (Å²) in [5, 5.41) is 14.9. The van der Waals surface area contributed by atoms with E-state index in [1.807, 2.05) is 4.90 Å². The lowest BCUT2D eigenvalue weighted by molar-refractivity contribution is -0.127. The van der Waals surface area contributed by atoms with Crippen LogP contribution in [0.1, 0.15) is 52.3 Å². The average Bonchev–Trinajstić information content (AvgIpc) is 3.26. The Morgan fingerprint density at radius 1 is 1.38 bits per heavy atom. The molecule has 1 amide bonds. The molecule has 1 aliphatic rings. The molecule has 1 fully saturated rings. The van der Waals surface area contributed by atoms with Gasteiger partial charge in [-0.15, -0.1) is 10.2 Å². The van der Waals surface area contributed by atoms with Crippen molar-refractivity contribution in [1.29, 1.82) is 0 Å². The second-order valence-corrected chi connectivity index (χ2v) is 6.74. The van der Waals surface area contributed by atoms with Crippen LogP contribution in [0.2, 0.25) is 0 Å². The van der Waals surface area contributed by atoms with Gasteiger partial charge >= 0.3 is 0 Å². The van der Waals surface area contributed by atoms with Gasteiger partial charge in [-0.1, -0.05) is 13.8 Å². The fourth-order valence-corrected chi connectivity index (χ4v) is 2.92. The third-order valence-corrected chi connectivity index (χ3v) is 4.68. The van der Waals surface area contributed by atoms with Gasteiger partial charge in [-0.3, -0.25) is 9.79 Å². The number of amides is 1. The molecular formula is C18H33N7O. The summed E-state index contributed by atoms with van der Waals surface area (Å²) in [6.45, 7) is 10.4. The Labute approximate surface area is 156 Å². The van der Waals surface area contributed by atoms with E-state index >= 15 is 0 Å². The molecule has 0 aliphatic carbocycles. The number of carbonyl (C=O) groups is 1. The van der Waals surface area contributed by atoms with Crippen molar-refractivity contribution in [3.63, 3.8) is 0 Å². The lowest BCUT2D eigenvalue weighted by atomic mass is 10.3. The molecule has 8 heteroatoms. The fourth-order valence-electron chi connectivity index (χ4n) is 2.92. The number of nitrogens with one attached hydrogen (secondary N) is 2. The number of hydrogen-bond acceptors (Lipinski definition) is 4. The van der Waals surface area contributed by atoms with Crippen molar-refractivity contribution in [2.24, 2.45) is 4.99 Å². The Morgan fingerprint density at radius 3 is 2.92 bits per heavy atom. The number of rotatable bonds is 10. The first-order valence-corrected chi connectivity index (χ1v) is 9.83. The Bertz CT molecular complexity index is 584. The van der Waals surface area contributed by atoms with Gasteiger partial charge in [0.05, 0.1) is 0 Å². The molecule has 0 spiro atoms. The summed E-state index contributed by atoms with van der Waals surface area (Å²) in [6, 6.07) is 0.363. The Balaban J connectivity index is 1.78. The van der Waals surface area contributed by atoms with Crippen LogP contribution in [0.5, 0.6) is 0 Å². The smallest absolute Gasteiger partial charge is 0.222 e. The van der Waals surface area contributed by atoms with Gasteiger partial charge in [-0.05, 0) is 26.2 Å². The van der Waals surface area contributed by atoms with Gasteiger partial charge < -0.3 is 20.1 Å². The second kappa shape index (κ2) is 10.8. The van der Waals surface area contributed by atoms with E-state index in [-0.39, 0.29) is 5.91 Å². The third-order valence-electron chi connectivity index (χ3n) is 4.68. The zero-order valence-corrected chi connectivity index (χ0v) is 16.4. The molecule has 146 valence electrons. The highest BCUT2D eigenvalue weighted by molar-refractivity contribution is 5.80. The SMILES string of the molecule is CCc1nncn1CCNC(=NCCCN1CCCC1=O)NC(C)CC. The zero-order chi connectivity index (χ0) is 18.8. The van der Waals surface area contributed by atoms with E-state index < -0.39 is 0 Å². The molecule has 1 aliphatic heterocycles. The molecule has 1 aromatic rings. The minimum Gasteiger partial charge on any atom is -0.355 e. The standard InChI is InChI=1S/C18H33N7O/c1-4-15(3)22-18(19-9-7-12-24-11-6-8-17(24)26)20-10-13-25-14-21-23-16(25)5-2/h14-15H,4-13H2,1-3H3,(H2,19,20,22). The van der Waals surface area contributed by atoms with Crippen LogP contribution in [0.3, 0.4) is 0 Å². The quantitative estimate of drug-likeness (QED) is 0.370. The van der Waals surface area contributed by atoms with E-state index in [9.17, 15) is 4.79 Å². The number of nitrogens with zero attached hydrogens (tertiary/aromatic N) is 5. The molecule has 2 N–H and O–H groups in total. The first kappa shape index (κ1) is 20.2. The number of guanidine groups is 1. The molecule has 0 radical (unpaired) electrons. The largest absolute Gasteiger partial charge is 0.355 e. The van der Waals surface area contributed by atoms with Crippen molar-refractivity contribution in [3.05, 3.63) is 12.2 Å². The fraction of sp³-hybridized carbons (Fsp3) is 0.778. The first-order valence-electron chi connectivity index (χ1n) is 9.83. The maximum atomic E-state index is 11.6. The summed E-state index contributed by atoms with van der Waals surface area (Å²) < 4.78 is 2.06. The predicted molar refractivity (Wildman–Crippen MR) is 103 cm³/mol. The maximum absolute atomic E-state index is 11.6. The maximum Gasteiger partial charge on any atom is 0.222 e. The lowest BCUT2D eigenvalue weighted by Crippen LogP contribution is -2.43. The van der Waals surface area contributed by atoms with Crippen molar-refractivity contribution in [1.82, 2.24) is 30.3 Å². The number of aromatic nitrogens is 3. The van der Waals surface area contributed by atoms with Crippen LogP contribution in [0.15, 0.2) is 11.3 Å². The molecule has 1 atom stereocenters. The van der Waals surface area contributed by atoms with Gasteiger partial charge in [-0.2, -0.15) is 0 Å². The van der Waals surface area contributed by atoms with Gasteiger partial charge in [0.15, 0.2) is 5.96 Å². The Morgan fingerprint density at radius 2 is 2.23 bits per heavy atom. The molecule has 1 saturated heterocycles. The summed E-state index contributed by atoms with van der Waals surface area (Å²) in [7, 11) is 0. The lowest BCUT2D eigenvalue weighted by Gasteiger charge is -2.18. The minimum atomic E-state index is 0.283. The number of carbonyl (C=O) groups excluding carboxylic acids is 1. The Kier molecular flexibility index (Phi) is 8.37. The van der Waals surface area contributed by atoms with Crippen molar-refractivity contribution in [2.75, 3.05) is 26.2 Å². The first-order chi connectivity index (χ1) is 12.6. The molecule has 8 nitrogen and oxygen atoms in total. The van der Waals surface area contributed by atoms with Crippen molar-refractivity contribution in [3.8, 4) is 0 Å². The molecule has 1 aromatic heterocycles. The monoisotopic (exact) mass is 363 g/mol. The molecule has 2 heterocycles. The van der Waals surface area contributed by atoms with Gasteiger partial charge in [0, 0.05) is 51.6 Å². The molecular weight excluding hydrogens is 330 g/mol. The van der Waals surface area contributed by atoms with E-state index in [2.05, 4.69) is 51.2 Å². The van der Waals surface area contributed by atoms with Crippen LogP contribution < -0.4 is 10.6 Å². The molecule has 0 bridgehead atoms. The summed E-state index contributed by atoms with van der Waals surface area (Å²) in [5.74, 6) is 2.11. The van der Waals surface area contributed by atoms with Crippen LogP contribution in [0, 0.1) is 0 Å². The van der Waals surface area contributed by atoms with Crippen LogP contribution >= 0.6 is 0 Å². The predicted octanol–water partition coefficient (Wildman–Crippen LogP) is 1.19. The van der Waals surface area contributed by atoms with Crippen molar-refractivity contribution >= 4 is 11.9 Å². The highest BCUT2D eigenvalue weighted by Gasteiger charge is 2.18. The van der Waals surface area contributed by atoms with Crippen LogP contribution in [0.25, 0.3) is 0 Å². The zero-order valence-electron chi connectivity index (χ0n) is 16.4.